The standard InChI is InChI=1S/C9H9N3O3/c13-8-11-6-2-1-5(3-7(6)12-8)4-10-9(14)15/h1-3,10H,4H2,(H,14,15)(H2,11,12,13). The number of rotatable bonds is 2. The maximum atomic E-state index is 10.9. The Morgan fingerprint density at radius 1 is 1.33 bits per heavy atom. The second kappa shape index (κ2) is 3.49. The van der Waals surface area contributed by atoms with Gasteiger partial charge in [0.05, 0.1) is 11.0 Å². The Balaban J connectivity index is 2.30. The minimum absolute atomic E-state index is 0.221. The summed E-state index contributed by atoms with van der Waals surface area (Å²) in [6.07, 6.45) is -1.07. The van der Waals surface area contributed by atoms with Gasteiger partial charge < -0.3 is 20.4 Å². The highest BCUT2D eigenvalue weighted by atomic mass is 16.4. The molecule has 6 nitrogen and oxygen atoms in total. The van der Waals surface area contributed by atoms with Gasteiger partial charge in [-0.2, -0.15) is 0 Å². The van der Waals surface area contributed by atoms with E-state index in [0.717, 1.165) is 5.56 Å². The fourth-order valence-corrected chi connectivity index (χ4v) is 1.37. The van der Waals surface area contributed by atoms with E-state index in [2.05, 4.69) is 15.3 Å². The third kappa shape index (κ3) is 1.98. The van der Waals surface area contributed by atoms with Crippen LogP contribution in [0.5, 0.6) is 0 Å². The van der Waals surface area contributed by atoms with Crippen molar-refractivity contribution < 1.29 is 9.90 Å². The third-order valence-electron chi connectivity index (χ3n) is 2.02. The number of benzene rings is 1. The molecule has 2 rings (SSSR count). The smallest absolute Gasteiger partial charge is 0.404 e. The molecule has 0 spiro atoms. The number of hydrogen-bond donors (Lipinski definition) is 4. The number of carboxylic acid groups (broad SMARTS) is 1. The zero-order valence-corrected chi connectivity index (χ0v) is 7.70. The van der Waals surface area contributed by atoms with E-state index in [-0.39, 0.29) is 12.2 Å². The van der Waals surface area contributed by atoms with Crippen molar-refractivity contribution >= 4 is 17.1 Å². The molecular weight excluding hydrogens is 198 g/mol. The molecule has 1 aromatic carbocycles. The zero-order valence-electron chi connectivity index (χ0n) is 7.70. The summed E-state index contributed by atoms with van der Waals surface area (Å²) in [5, 5.41) is 10.7. The fourth-order valence-electron chi connectivity index (χ4n) is 1.37. The van der Waals surface area contributed by atoms with Crippen molar-refractivity contribution in [1.29, 1.82) is 0 Å². The predicted octanol–water partition coefficient (Wildman–Crippen LogP) is 0.624. The number of carbonyl (C=O) groups is 1. The Kier molecular flexibility index (Phi) is 2.17. The maximum absolute atomic E-state index is 10.9. The highest BCUT2D eigenvalue weighted by Gasteiger charge is 2.00. The first-order chi connectivity index (χ1) is 7.15. The van der Waals surface area contributed by atoms with Crippen molar-refractivity contribution in [2.75, 3.05) is 0 Å². The zero-order chi connectivity index (χ0) is 10.8. The Labute approximate surface area is 83.9 Å². The number of H-pyrrole nitrogens is 2. The molecule has 0 saturated heterocycles. The SMILES string of the molecule is O=C(O)NCc1ccc2[nH]c(=O)[nH]c2c1. The second-order valence-corrected chi connectivity index (χ2v) is 3.12. The van der Waals surface area contributed by atoms with Crippen LogP contribution in [-0.2, 0) is 6.54 Å². The number of fused-ring (bicyclic) bond motifs is 1. The predicted molar refractivity (Wildman–Crippen MR) is 53.8 cm³/mol. The molecule has 0 bridgehead atoms. The number of aromatic nitrogens is 2. The van der Waals surface area contributed by atoms with E-state index in [1.807, 2.05) is 0 Å². The van der Waals surface area contributed by atoms with E-state index in [1.165, 1.54) is 0 Å². The van der Waals surface area contributed by atoms with Crippen molar-refractivity contribution in [2.45, 2.75) is 6.54 Å². The number of aromatic amines is 2. The lowest BCUT2D eigenvalue weighted by molar-refractivity contribution is 0.194. The molecule has 1 amide bonds. The van der Waals surface area contributed by atoms with Crippen LogP contribution in [0.4, 0.5) is 4.79 Å². The normalized spacial score (nSPS) is 10.4. The lowest BCUT2D eigenvalue weighted by Gasteiger charge is -2.00. The molecule has 0 atom stereocenters. The van der Waals surface area contributed by atoms with Crippen LogP contribution in [0.1, 0.15) is 5.56 Å². The first kappa shape index (κ1) is 9.32. The van der Waals surface area contributed by atoms with Crippen LogP contribution in [0.25, 0.3) is 11.0 Å². The monoisotopic (exact) mass is 207 g/mol. The molecule has 4 N–H and O–H groups in total. The molecule has 0 aliphatic heterocycles. The molecule has 1 aromatic heterocycles. The first-order valence-electron chi connectivity index (χ1n) is 4.33. The fraction of sp³-hybridized carbons (Fsp3) is 0.111. The van der Waals surface area contributed by atoms with Crippen molar-refractivity contribution in [3.8, 4) is 0 Å². The number of hydrogen-bond acceptors (Lipinski definition) is 2. The summed E-state index contributed by atoms with van der Waals surface area (Å²) >= 11 is 0. The molecule has 15 heavy (non-hydrogen) atoms. The van der Waals surface area contributed by atoms with E-state index in [0.29, 0.717) is 11.0 Å². The van der Waals surface area contributed by atoms with Gasteiger partial charge in [0.2, 0.25) is 0 Å². The van der Waals surface area contributed by atoms with Gasteiger partial charge in [0.25, 0.3) is 0 Å². The van der Waals surface area contributed by atoms with E-state index < -0.39 is 6.09 Å². The highest BCUT2D eigenvalue weighted by Crippen LogP contribution is 2.09. The van der Waals surface area contributed by atoms with E-state index in [4.69, 9.17) is 5.11 Å². The van der Waals surface area contributed by atoms with Gasteiger partial charge in [-0.25, -0.2) is 9.59 Å². The van der Waals surface area contributed by atoms with Crippen LogP contribution in [0, 0.1) is 0 Å². The topological polar surface area (TPSA) is 98.0 Å². The highest BCUT2D eigenvalue weighted by molar-refractivity contribution is 5.75. The van der Waals surface area contributed by atoms with Gasteiger partial charge in [0.1, 0.15) is 0 Å². The molecule has 0 radical (unpaired) electrons. The summed E-state index contributed by atoms with van der Waals surface area (Å²) in [6, 6.07) is 5.21. The summed E-state index contributed by atoms with van der Waals surface area (Å²) in [5.41, 5.74) is 1.90. The minimum atomic E-state index is -1.07. The summed E-state index contributed by atoms with van der Waals surface area (Å²) in [6.45, 7) is 0.221. The molecule has 2 aromatic rings. The van der Waals surface area contributed by atoms with Crippen LogP contribution in [0.15, 0.2) is 23.0 Å². The first-order valence-corrected chi connectivity index (χ1v) is 4.33. The van der Waals surface area contributed by atoms with Crippen molar-refractivity contribution in [2.24, 2.45) is 0 Å². The second-order valence-electron chi connectivity index (χ2n) is 3.12. The Morgan fingerprint density at radius 3 is 2.80 bits per heavy atom. The largest absolute Gasteiger partial charge is 0.465 e. The van der Waals surface area contributed by atoms with E-state index in [1.54, 1.807) is 18.2 Å². The summed E-state index contributed by atoms with van der Waals surface area (Å²) < 4.78 is 0. The van der Waals surface area contributed by atoms with Crippen molar-refractivity contribution in [3.05, 3.63) is 34.2 Å². The van der Waals surface area contributed by atoms with Gasteiger partial charge in [-0.3, -0.25) is 0 Å². The van der Waals surface area contributed by atoms with Gasteiger partial charge in [-0.1, -0.05) is 6.07 Å². The lowest BCUT2D eigenvalue weighted by Crippen LogP contribution is -2.19. The Hall–Kier alpha value is -2.24. The van der Waals surface area contributed by atoms with E-state index >= 15 is 0 Å². The summed E-state index contributed by atoms with van der Waals surface area (Å²) in [5.74, 6) is 0. The molecule has 6 heteroatoms. The molecule has 0 saturated carbocycles. The summed E-state index contributed by atoms with van der Waals surface area (Å²) in [7, 11) is 0. The van der Waals surface area contributed by atoms with Crippen LogP contribution in [0.3, 0.4) is 0 Å². The minimum Gasteiger partial charge on any atom is -0.465 e. The van der Waals surface area contributed by atoms with Crippen molar-refractivity contribution in [3.63, 3.8) is 0 Å². The molecule has 0 unspecified atom stereocenters. The van der Waals surface area contributed by atoms with E-state index in [9.17, 15) is 9.59 Å². The average molecular weight is 207 g/mol. The molecular formula is C9H9N3O3. The van der Waals surface area contributed by atoms with Gasteiger partial charge >= 0.3 is 11.8 Å². The van der Waals surface area contributed by atoms with Gasteiger partial charge in [0.15, 0.2) is 0 Å². The Morgan fingerprint density at radius 2 is 2.07 bits per heavy atom. The molecule has 78 valence electrons. The lowest BCUT2D eigenvalue weighted by atomic mass is 10.2. The van der Waals surface area contributed by atoms with Crippen LogP contribution in [0.2, 0.25) is 0 Å². The van der Waals surface area contributed by atoms with Gasteiger partial charge in [0, 0.05) is 6.54 Å². The van der Waals surface area contributed by atoms with Crippen LogP contribution < -0.4 is 11.0 Å². The van der Waals surface area contributed by atoms with Crippen LogP contribution in [-0.4, -0.2) is 21.2 Å². The molecule has 0 fully saturated rings. The number of amides is 1. The number of imidazole rings is 1. The molecule has 1 heterocycles. The maximum Gasteiger partial charge on any atom is 0.404 e. The average Bonchev–Trinajstić information content (AvgIpc) is 2.53. The third-order valence-corrected chi connectivity index (χ3v) is 2.02. The Bertz CT molecular complexity index is 555. The van der Waals surface area contributed by atoms with Crippen molar-refractivity contribution in [1.82, 2.24) is 15.3 Å². The molecule has 0 aliphatic carbocycles. The van der Waals surface area contributed by atoms with Crippen LogP contribution >= 0.6 is 0 Å². The number of nitrogens with one attached hydrogen (secondary N) is 3. The molecule has 0 aliphatic rings. The van der Waals surface area contributed by atoms with Gasteiger partial charge in [-0.05, 0) is 17.7 Å². The van der Waals surface area contributed by atoms with Gasteiger partial charge in [-0.15, -0.1) is 0 Å². The quantitative estimate of drug-likeness (QED) is 0.581. The summed E-state index contributed by atoms with van der Waals surface area (Å²) in [4.78, 5) is 26.4.